The second kappa shape index (κ2) is 9.56. The van der Waals surface area contributed by atoms with E-state index in [0.717, 1.165) is 6.42 Å². The molecule has 0 bridgehead atoms. The Bertz CT molecular complexity index is 777. The molecule has 0 spiro atoms. The van der Waals surface area contributed by atoms with Gasteiger partial charge in [0.1, 0.15) is 6.54 Å². The summed E-state index contributed by atoms with van der Waals surface area (Å²) in [6, 6.07) is 4.35. The van der Waals surface area contributed by atoms with Crippen LogP contribution in [0.2, 0.25) is 0 Å². The quantitative estimate of drug-likeness (QED) is 0.613. The van der Waals surface area contributed by atoms with Gasteiger partial charge in [0, 0.05) is 25.5 Å². The van der Waals surface area contributed by atoms with Crippen molar-refractivity contribution < 1.29 is 32.2 Å². The molecule has 0 unspecified atom stereocenters. The highest BCUT2D eigenvalue weighted by molar-refractivity contribution is 7.89. The molecule has 27 heavy (non-hydrogen) atoms. The number of hydrogen-bond donors (Lipinski definition) is 2. The Hall–Kier alpha value is -2.33. The van der Waals surface area contributed by atoms with Crippen LogP contribution in [0.25, 0.3) is 0 Å². The first kappa shape index (κ1) is 21.0. The van der Waals surface area contributed by atoms with Gasteiger partial charge in [0.05, 0.1) is 24.2 Å². The number of carbonyl (C=O) groups is 2. The molecule has 1 aromatic carbocycles. The summed E-state index contributed by atoms with van der Waals surface area (Å²) in [5.74, 6) is -0.140. The Morgan fingerprint density at radius 2 is 1.89 bits per heavy atom. The van der Waals surface area contributed by atoms with E-state index in [1.54, 1.807) is 19.9 Å². The number of nitrogens with one attached hydrogen (secondary N) is 2. The van der Waals surface area contributed by atoms with E-state index >= 15 is 0 Å². The summed E-state index contributed by atoms with van der Waals surface area (Å²) in [4.78, 5) is 23.1. The Balaban J connectivity index is 1.83. The average Bonchev–Trinajstić information content (AvgIpc) is 2.84. The minimum Gasteiger partial charge on any atom is -0.490 e. The van der Waals surface area contributed by atoms with Crippen LogP contribution in [-0.2, 0) is 24.3 Å². The lowest BCUT2D eigenvalue weighted by atomic mass is 10.3. The molecule has 0 saturated heterocycles. The molecule has 2 rings (SSSR count). The molecular formula is C17H24N2O7S. The number of amides is 1. The monoisotopic (exact) mass is 400 g/mol. The molecule has 0 fully saturated rings. The second-order valence-electron chi connectivity index (χ2n) is 6.12. The van der Waals surface area contributed by atoms with Gasteiger partial charge in [-0.25, -0.2) is 13.1 Å². The van der Waals surface area contributed by atoms with Crippen molar-refractivity contribution in [3.8, 4) is 11.5 Å². The summed E-state index contributed by atoms with van der Waals surface area (Å²) in [5.41, 5.74) is 0. The predicted octanol–water partition coefficient (Wildman–Crippen LogP) is 0.584. The molecule has 0 aliphatic carbocycles. The van der Waals surface area contributed by atoms with Gasteiger partial charge in [-0.15, -0.1) is 0 Å². The zero-order valence-electron chi connectivity index (χ0n) is 15.3. The Morgan fingerprint density at radius 1 is 1.19 bits per heavy atom. The van der Waals surface area contributed by atoms with Crippen LogP contribution in [0.4, 0.5) is 0 Å². The number of fused-ring (bicyclic) bond motifs is 1. The standard InChI is InChI=1S/C17H24N2O7S/c1-12(2)26-17(21)11-18-16(20)6-7-19-27(22,23)13-4-5-14-15(10-13)25-9-3-8-24-14/h4-5,10,12,19H,3,6-9,11H2,1-2H3,(H,18,20). The molecule has 1 aromatic rings. The van der Waals surface area contributed by atoms with Crippen molar-refractivity contribution in [2.24, 2.45) is 0 Å². The number of sulfonamides is 1. The van der Waals surface area contributed by atoms with Crippen LogP contribution in [0.5, 0.6) is 11.5 Å². The number of esters is 1. The fourth-order valence-corrected chi connectivity index (χ4v) is 3.30. The van der Waals surface area contributed by atoms with E-state index in [-0.39, 0.29) is 30.5 Å². The van der Waals surface area contributed by atoms with E-state index in [9.17, 15) is 18.0 Å². The molecule has 0 saturated carbocycles. The third-order valence-corrected chi connectivity index (χ3v) is 4.93. The topological polar surface area (TPSA) is 120 Å². The summed E-state index contributed by atoms with van der Waals surface area (Å²) < 4.78 is 42.9. The van der Waals surface area contributed by atoms with Crippen LogP contribution in [0, 0.1) is 0 Å². The number of ether oxygens (including phenoxy) is 3. The molecule has 10 heteroatoms. The zero-order valence-corrected chi connectivity index (χ0v) is 16.1. The SMILES string of the molecule is CC(C)OC(=O)CNC(=O)CCNS(=O)(=O)c1ccc2c(c1)OCCCO2. The lowest BCUT2D eigenvalue weighted by molar-refractivity contribution is -0.147. The van der Waals surface area contributed by atoms with Gasteiger partial charge < -0.3 is 19.5 Å². The number of carbonyl (C=O) groups excluding carboxylic acids is 2. The maximum atomic E-state index is 12.4. The number of hydrogen-bond acceptors (Lipinski definition) is 7. The highest BCUT2D eigenvalue weighted by Crippen LogP contribution is 2.31. The van der Waals surface area contributed by atoms with E-state index in [1.165, 1.54) is 12.1 Å². The van der Waals surface area contributed by atoms with E-state index < -0.39 is 21.9 Å². The highest BCUT2D eigenvalue weighted by Gasteiger charge is 2.19. The van der Waals surface area contributed by atoms with Gasteiger partial charge in [-0.2, -0.15) is 0 Å². The van der Waals surface area contributed by atoms with Crippen LogP contribution in [-0.4, -0.2) is 52.7 Å². The van der Waals surface area contributed by atoms with Gasteiger partial charge in [-0.3, -0.25) is 9.59 Å². The van der Waals surface area contributed by atoms with E-state index in [1.807, 2.05) is 0 Å². The molecule has 0 radical (unpaired) electrons. The van der Waals surface area contributed by atoms with Crippen LogP contribution in [0.15, 0.2) is 23.1 Å². The van der Waals surface area contributed by atoms with Crippen LogP contribution in [0.1, 0.15) is 26.7 Å². The van der Waals surface area contributed by atoms with Crippen LogP contribution in [0.3, 0.4) is 0 Å². The smallest absolute Gasteiger partial charge is 0.325 e. The molecule has 2 N–H and O–H groups in total. The summed E-state index contributed by atoms with van der Waals surface area (Å²) in [5, 5.41) is 2.38. The van der Waals surface area contributed by atoms with Crippen molar-refractivity contribution in [2.75, 3.05) is 26.3 Å². The first-order chi connectivity index (χ1) is 12.8. The van der Waals surface area contributed by atoms with Crippen LogP contribution < -0.4 is 19.5 Å². The van der Waals surface area contributed by atoms with Crippen molar-refractivity contribution in [1.82, 2.24) is 10.0 Å². The molecular weight excluding hydrogens is 376 g/mol. The summed E-state index contributed by atoms with van der Waals surface area (Å²) >= 11 is 0. The molecule has 1 aliphatic rings. The number of benzene rings is 1. The normalized spacial score (nSPS) is 13.7. The van der Waals surface area contributed by atoms with Gasteiger partial charge in [0.25, 0.3) is 0 Å². The Kier molecular flexibility index (Phi) is 7.43. The first-order valence-electron chi connectivity index (χ1n) is 8.63. The second-order valence-corrected chi connectivity index (χ2v) is 7.89. The average molecular weight is 400 g/mol. The molecule has 0 aromatic heterocycles. The fraction of sp³-hybridized carbons (Fsp3) is 0.529. The zero-order chi connectivity index (χ0) is 19.9. The fourth-order valence-electron chi connectivity index (χ4n) is 2.26. The lowest BCUT2D eigenvalue weighted by Crippen LogP contribution is -2.34. The molecule has 9 nitrogen and oxygen atoms in total. The molecule has 1 amide bonds. The van der Waals surface area contributed by atoms with Crippen molar-refractivity contribution in [3.63, 3.8) is 0 Å². The minimum absolute atomic E-state index is 0.0210. The van der Waals surface area contributed by atoms with Gasteiger partial charge in [-0.1, -0.05) is 0 Å². The third kappa shape index (κ3) is 6.72. The van der Waals surface area contributed by atoms with Crippen LogP contribution >= 0.6 is 0 Å². The maximum absolute atomic E-state index is 12.4. The Labute approximate surface area is 158 Å². The summed E-state index contributed by atoms with van der Waals surface area (Å²) in [6.45, 7) is 4.00. The van der Waals surface area contributed by atoms with Crippen molar-refractivity contribution >= 4 is 21.9 Å². The number of rotatable bonds is 8. The summed E-state index contributed by atoms with van der Waals surface area (Å²) in [6.07, 6.45) is 0.338. The van der Waals surface area contributed by atoms with Gasteiger partial charge >= 0.3 is 5.97 Å². The van der Waals surface area contributed by atoms with Crippen molar-refractivity contribution in [1.29, 1.82) is 0 Å². The van der Waals surface area contributed by atoms with Gasteiger partial charge in [0.15, 0.2) is 11.5 Å². The van der Waals surface area contributed by atoms with E-state index in [0.29, 0.717) is 24.7 Å². The van der Waals surface area contributed by atoms with E-state index in [2.05, 4.69) is 10.0 Å². The largest absolute Gasteiger partial charge is 0.490 e. The third-order valence-electron chi connectivity index (χ3n) is 3.47. The van der Waals surface area contributed by atoms with Crippen molar-refractivity contribution in [3.05, 3.63) is 18.2 Å². The minimum atomic E-state index is -3.81. The maximum Gasteiger partial charge on any atom is 0.325 e. The molecule has 1 aliphatic heterocycles. The lowest BCUT2D eigenvalue weighted by Gasteiger charge is -2.11. The molecule has 0 atom stereocenters. The molecule has 1 heterocycles. The first-order valence-corrected chi connectivity index (χ1v) is 10.1. The van der Waals surface area contributed by atoms with E-state index in [4.69, 9.17) is 14.2 Å². The van der Waals surface area contributed by atoms with Crippen molar-refractivity contribution in [2.45, 2.75) is 37.7 Å². The molecule has 150 valence electrons. The van der Waals surface area contributed by atoms with Gasteiger partial charge in [-0.05, 0) is 26.0 Å². The Morgan fingerprint density at radius 3 is 2.59 bits per heavy atom. The summed E-state index contributed by atoms with van der Waals surface area (Å²) in [7, 11) is -3.81. The van der Waals surface area contributed by atoms with Gasteiger partial charge in [0.2, 0.25) is 15.9 Å². The predicted molar refractivity (Wildman–Crippen MR) is 96.1 cm³/mol. The highest BCUT2D eigenvalue weighted by atomic mass is 32.2.